The van der Waals surface area contributed by atoms with Crippen LogP contribution in [0.2, 0.25) is 0 Å². The lowest BCUT2D eigenvalue weighted by Crippen LogP contribution is -2.39. The van der Waals surface area contributed by atoms with Gasteiger partial charge in [0.1, 0.15) is 0 Å². The van der Waals surface area contributed by atoms with Gasteiger partial charge in [0.2, 0.25) is 0 Å². The molecule has 0 amide bonds. The molecule has 106 valence electrons. The van der Waals surface area contributed by atoms with Crippen LogP contribution < -0.4 is 10.6 Å². The molecule has 6 heteroatoms. The Morgan fingerprint density at radius 3 is 2.68 bits per heavy atom. The molecule has 1 aliphatic rings. The standard InChI is InChI=1S/C13H16BrF3N2/c14-10-5-9(13(15,16)17)6-12(7-10)19-8-11-3-1-2-4-18-11/h5-7,11,18-19H,1-4,8H2. The van der Waals surface area contributed by atoms with Crippen molar-refractivity contribution in [3.05, 3.63) is 28.2 Å². The Balaban J connectivity index is 2.01. The number of hydrogen-bond donors (Lipinski definition) is 2. The summed E-state index contributed by atoms with van der Waals surface area (Å²) in [6, 6.07) is 4.23. The molecule has 1 heterocycles. The molecule has 0 spiro atoms. The Hall–Kier alpha value is -0.750. The highest BCUT2D eigenvalue weighted by Crippen LogP contribution is 2.33. The van der Waals surface area contributed by atoms with Crippen molar-refractivity contribution in [1.82, 2.24) is 5.32 Å². The highest BCUT2D eigenvalue weighted by Gasteiger charge is 2.31. The molecule has 0 saturated carbocycles. The van der Waals surface area contributed by atoms with Gasteiger partial charge in [0.05, 0.1) is 5.56 Å². The van der Waals surface area contributed by atoms with Gasteiger partial charge in [-0.3, -0.25) is 0 Å². The molecule has 2 N–H and O–H groups in total. The largest absolute Gasteiger partial charge is 0.416 e. The summed E-state index contributed by atoms with van der Waals surface area (Å²) in [7, 11) is 0. The van der Waals surface area contributed by atoms with Crippen molar-refractivity contribution in [3.63, 3.8) is 0 Å². The number of halogens is 4. The highest BCUT2D eigenvalue weighted by atomic mass is 79.9. The van der Waals surface area contributed by atoms with E-state index >= 15 is 0 Å². The zero-order valence-corrected chi connectivity index (χ0v) is 11.9. The Labute approximate surface area is 118 Å². The molecule has 1 atom stereocenters. The minimum Gasteiger partial charge on any atom is -0.383 e. The SMILES string of the molecule is FC(F)(F)c1cc(Br)cc(NCC2CCCCN2)c1. The van der Waals surface area contributed by atoms with E-state index in [1.807, 2.05) is 0 Å². The van der Waals surface area contributed by atoms with Crippen LogP contribution >= 0.6 is 15.9 Å². The topological polar surface area (TPSA) is 24.1 Å². The molecule has 0 aromatic heterocycles. The van der Waals surface area contributed by atoms with E-state index < -0.39 is 11.7 Å². The van der Waals surface area contributed by atoms with Crippen molar-refractivity contribution in [3.8, 4) is 0 Å². The van der Waals surface area contributed by atoms with Gasteiger partial charge in [-0.15, -0.1) is 0 Å². The molecule has 1 fully saturated rings. The molecule has 19 heavy (non-hydrogen) atoms. The third kappa shape index (κ3) is 4.38. The normalized spacial score (nSPS) is 20.3. The smallest absolute Gasteiger partial charge is 0.383 e. The minimum atomic E-state index is -4.32. The molecule has 0 radical (unpaired) electrons. The average Bonchev–Trinajstić information content (AvgIpc) is 2.36. The fourth-order valence-electron chi connectivity index (χ4n) is 2.19. The van der Waals surface area contributed by atoms with Gasteiger partial charge < -0.3 is 10.6 Å². The summed E-state index contributed by atoms with van der Waals surface area (Å²) in [4.78, 5) is 0. The van der Waals surface area contributed by atoms with Crippen LogP contribution in [-0.4, -0.2) is 19.1 Å². The van der Waals surface area contributed by atoms with Crippen molar-refractivity contribution in [2.24, 2.45) is 0 Å². The lowest BCUT2D eigenvalue weighted by molar-refractivity contribution is -0.137. The molecule has 2 nitrogen and oxygen atoms in total. The number of nitrogens with one attached hydrogen (secondary N) is 2. The summed E-state index contributed by atoms with van der Waals surface area (Å²) < 4.78 is 38.5. The van der Waals surface area contributed by atoms with Gasteiger partial charge in [-0.1, -0.05) is 22.4 Å². The van der Waals surface area contributed by atoms with E-state index in [9.17, 15) is 13.2 Å². The Morgan fingerprint density at radius 1 is 1.26 bits per heavy atom. The zero-order chi connectivity index (χ0) is 13.9. The fourth-order valence-corrected chi connectivity index (χ4v) is 2.69. The van der Waals surface area contributed by atoms with E-state index in [1.54, 1.807) is 6.07 Å². The Kier molecular flexibility index (Phi) is 4.73. The molecule has 1 unspecified atom stereocenters. The third-order valence-electron chi connectivity index (χ3n) is 3.19. The van der Waals surface area contributed by atoms with E-state index in [1.165, 1.54) is 12.8 Å². The van der Waals surface area contributed by atoms with E-state index in [-0.39, 0.29) is 0 Å². The fraction of sp³-hybridized carbons (Fsp3) is 0.538. The predicted octanol–water partition coefficient (Wildman–Crippen LogP) is 4.02. The molecule has 1 saturated heterocycles. The first-order valence-electron chi connectivity index (χ1n) is 6.30. The molecule has 1 aromatic carbocycles. The number of rotatable bonds is 3. The van der Waals surface area contributed by atoms with Crippen molar-refractivity contribution >= 4 is 21.6 Å². The molecule has 1 aromatic rings. The van der Waals surface area contributed by atoms with E-state index in [2.05, 4.69) is 26.6 Å². The van der Waals surface area contributed by atoms with Crippen LogP contribution in [0, 0.1) is 0 Å². The van der Waals surface area contributed by atoms with Gasteiger partial charge in [-0.2, -0.15) is 13.2 Å². The second kappa shape index (κ2) is 6.13. The van der Waals surface area contributed by atoms with Crippen molar-refractivity contribution in [1.29, 1.82) is 0 Å². The summed E-state index contributed by atoms with van der Waals surface area (Å²) in [5.41, 5.74) is -0.143. The van der Waals surface area contributed by atoms with Crippen LogP contribution in [0.4, 0.5) is 18.9 Å². The first kappa shape index (κ1) is 14.7. The summed E-state index contributed by atoms with van der Waals surface area (Å²) in [6.07, 6.45) is -0.909. The van der Waals surface area contributed by atoms with E-state index in [0.29, 0.717) is 22.7 Å². The summed E-state index contributed by atoms with van der Waals surface area (Å²) >= 11 is 3.12. The van der Waals surface area contributed by atoms with Crippen LogP contribution in [-0.2, 0) is 6.18 Å². The quantitative estimate of drug-likeness (QED) is 0.871. The Bertz CT molecular complexity index is 428. The molecule has 1 aliphatic heterocycles. The second-order valence-corrected chi connectivity index (χ2v) is 5.67. The number of anilines is 1. The van der Waals surface area contributed by atoms with Crippen LogP contribution in [0.15, 0.2) is 22.7 Å². The number of hydrogen-bond acceptors (Lipinski definition) is 2. The van der Waals surface area contributed by atoms with Crippen LogP contribution in [0.5, 0.6) is 0 Å². The molecule has 2 rings (SSSR count). The van der Waals surface area contributed by atoms with E-state index in [4.69, 9.17) is 0 Å². The maximum absolute atomic E-state index is 12.7. The van der Waals surface area contributed by atoms with Gasteiger partial charge in [0, 0.05) is 22.7 Å². The first-order valence-corrected chi connectivity index (χ1v) is 7.09. The highest BCUT2D eigenvalue weighted by molar-refractivity contribution is 9.10. The lowest BCUT2D eigenvalue weighted by atomic mass is 10.0. The van der Waals surface area contributed by atoms with Gasteiger partial charge in [0.15, 0.2) is 0 Å². The molecular weight excluding hydrogens is 321 g/mol. The minimum absolute atomic E-state index is 0.335. The van der Waals surface area contributed by atoms with Gasteiger partial charge in [-0.05, 0) is 37.6 Å². The monoisotopic (exact) mass is 336 g/mol. The first-order chi connectivity index (χ1) is 8.95. The predicted molar refractivity (Wildman–Crippen MR) is 73.3 cm³/mol. The summed E-state index contributed by atoms with van der Waals surface area (Å²) in [6.45, 7) is 1.63. The van der Waals surface area contributed by atoms with Crippen LogP contribution in [0.1, 0.15) is 24.8 Å². The number of alkyl halides is 3. The maximum atomic E-state index is 12.7. The molecule has 0 aliphatic carbocycles. The van der Waals surface area contributed by atoms with Crippen molar-refractivity contribution < 1.29 is 13.2 Å². The molecular formula is C13H16BrF3N2. The average molecular weight is 337 g/mol. The van der Waals surface area contributed by atoms with Gasteiger partial charge >= 0.3 is 6.18 Å². The summed E-state index contributed by atoms with van der Waals surface area (Å²) in [5, 5.41) is 6.43. The lowest BCUT2D eigenvalue weighted by Gasteiger charge is -2.24. The van der Waals surface area contributed by atoms with Gasteiger partial charge in [-0.25, -0.2) is 0 Å². The van der Waals surface area contributed by atoms with Crippen LogP contribution in [0.25, 0.3) is 0 Å². The van der Waals surface area contributed by atoms with E-state index in [0.717, 1.165) is 25.1 Å². The maximum Gasteiger partial charge on any atom is 0.416 e. The van der Waals surface area contributed by atoms with Crippen LogP contribution in [0.3, 0.4) is 0 Å². The van der Waals surface area contributed by atoms with Crippen molar-refractivity contribution in [2.45, 2.75) is 31.5 Å². The second-order valence-electron chi connectivity index (χ2n) is 4.75. The number of benzene rings is 1. The van der Waals surface area contributed by atoms with Gasteiger partial charge in [0.25, 0.3) is 0 Å². The summed E-state index contributed by atoms with van der Waals surface area (Å²) in [5.74, 6) is 0. The Morgan fingerprint density at radius 2 is 2.05 bits per heavy atom. The molecule has 0 bridgehead atoms. The number of piperidine rings is 1. The third-order valence-corrected chi connectivity index (χ3v) is 3.65. The van der Waals surface area contributed by atoms with Crippen molar-refractivity contribution in [2.75, 3.05) is 18.4 Å². The zero-order valence-electron chi connectivity index (χ0n) is 10.4.